The van der Waals surface area contributed by atoms with E-state index >= 15 is 0 Å². The number of anilines is 1. The van der Waals surface area contributed by atoms with Gasteiger partial charge in [-0.2, -0.15) is 0 Å². The van der Waals surface area contributed by atoms with Gasteiger partial charge in [-0.25, -0.2) is 0 Å². The number of hydrogen-bond donors (Lipinski definition) is 2. The van der Waals surface area contributed by atoms with Gasteiger partial charge in [-0.3, -0.25) is 4.98 Å². The summed E-state index contributed by atoms with van der Waals surface area (Å²) in [5.74, 6) is 0.772. The molecule has 3 N–H and O–H groups in total. The van der Waals surface area contributed by atoms with Crippen molar-refractivity contribution in [3.63, 3.8) is 0 Å². The predicted molar refractivity (Wildman–Crippen MR) is 68.1 cm³/mol. The highest BCUT2D eigenvalue weighted by molar-refractivity contribution is 5.87. The molecule has 0 atom stereocenters. The molecule has 4 nitrogen and oxygen atoms in total. The van der Waals surface area contributed by atoms with E-state index in [0.29, 0.717) is 18.7 Å². The molecule has 4 heteroatoms. The number of nitrogens with two attached hydrogens (primary N) is 1. The number of nitrogens with zero attached hydrogens (tertiary/aromatic N) is 1. The molecule has 0 radical (unpaired) electrons. The van der Waals surface area contributed by atoms with Crippen LogP contribution in [-0.4, -0.2) is 23.3 Å². The summed E-state index contributed by atoms with van der Waals surface area (Å²) in [6.45, 7) is 2.54. The maximum absolute atomic E-state index is 8.74. The molecule has 0 bridgehead atoms. The van der Waals surface area contributed by atoms with Gasteiger partial charge in [0.2, 0.25) is 0 Å². The number of benzene rings is 1. The number of ether oxygens (including phenoxy) is 1. The third kappa shape index (κ3) is 2.65. The Balaban J connectivity index is 2.40. The summed E-state index contributed by atoms with van der Waals surface area (Å²) in [4.78, 5) is 4.42. The smallest absolute Gasteiger partial charge is 0.130 e. The van der Waals surface area contributed by atoms with Crippen molar-refractivity contribution in [2.24, 2.45) is 0 Å². The average molecular weight is 232 g/mol. The highest BCUT2D eigenvalue weighted by Crippen LogP contribution is 2.27. The van der Waals surface area contributed by atoms with E-state index in [-0.39, 0.29) is 6.61 Å². The van der Waals surface area contributed by atoms with Gasteiger partial charge in [-0.05, 0) is 25.1 Å². The van der Waals surface area contributed by atoms with E-state index in [2.05, 4.69) is 4.98 Å². The Morgan fingerprint density at radius 1 is 1.35 bits per heavy atom. The second kappa shape index (κ2) is 5.01. The second-order valence-electron chi connectivity index (χ2n) is 3.96. The Kier molecular flexibility index (Phi) is 3.44. The molecular weight excluding hydrogens is 216 g/mol. The summed E-state index contributed by atoms with van der Waals surface area (Å²) in [7, 11) is 0. The van der Waals surface area contributed by atoms with E-state index in [1.165, 1.54) is 0 Å². The van der Waals surface area contributed by atoms with Crippen LogP contribution >= 0.6 is 0 Å². The minimum atomic E-state index is 0.129. The Morgan fingerprint density at radius 2 is 2.18 bits per heavy atom. The summed E-state index contributed by atoms with van der Waals surface area (Å²) in [5.41, 5.74) is 8.23. The first-order valence-corrected chi connectivity index (χ1v) is 5.61. The number of aryl methyl sites for hydroxylation is 1. The zero-order valence-electron chi connectivity index (χ0n) is 9.81. The number of nitrogen functional groups attached to an aromatic ring is 1. The van der Waals surface area contributed by atoms with Crippen molar-refractivity contribution in [1.29, 1.82) is 0 Å². The van der Waals surface area contributed by atoms with Gasteiger partial charge in [-0.15, -0.1) is 0 Å². The minimum absolute atomic E-state index is 0.129. The lowest BCUT2D eigenvalue weighted by Crippen LogP contribution is -2.01. The Bertz CT molecular complexity index is 526. The van der Waals surface area contributed by atoms with Gasteiger partial charge >= 0.3 is 0 Å². The Hall–Kier alpha value is -1.81. The highest BCUT2D eigenvalue weighted by Gasteiger charge is 2.05. The van der Waals surface area contributed by atoms with Crippen LogP contribution in [-0.2, 0) is 0 Å². The lowest BCUT2D eigenvalue weighted by Gasteiger charge is -2.10. The monoisotopic (exact) mass is 232 g/mol. The maximum Gasteiger partial charge on any atom is 0.130 e. The minimum Gasteiger partial charge on any atom is -0.493 e. The molecule has 0 aliphatic carbocycles. The van der Waals surface area contributed by atoms with Crippen molar-refractivity contribution in [3.8, 4) is 5.75 Å². The molecule has 0 unspecified atom stereocenters. The third-order valence-corrected chi connectivity index (χ3v) is 2.48. The van der Waals surface area contributed by atoms with Crippen LogP contribution in [0.2, 0.25) is 0 Å². The van der Waals surface area contributed by atoms with Crippen molar-refractivity contribution < 1.29 is 9.84 Å². The molecule has 90 valence electrons. The van der Waals surface area contributed by atoms with E-state index in [4.69, 9.17) is 15.6 Å². The molecule has 0 amide bonds. The van der Waals surface area contributed by atoms with E-state index in [1.807, 2.05) is 31.2 Å². The number of aromatic nitrogens is 1. The summed E-state index contributed by atoms with van der Waals surface area (Å²) in [5, 5.41) is 9.65. The predicted octanol–water partition coefficient (Wildman–Crippen LogP) is 1.89. The van der Waals surface area contributed by atoms with Crippen LogP contribution in [0.4, 0.5) is 5.69 Å². The van der Waals surface area contributed by atoms with Crippen molar-refractivity contribution in [2.45, 2.75) is 13.3 Å². The highest BCUT2D eigenvalue weighted by atomic mass is 16.5. The lowest BCUT2D eigenvalue weighted by molar-refractivity contribution is 0.235. The van der Waals surface area contributed by atoms with Gasteiger partial charge < -0.3 is 15.6 Å². The molecule has 17 heavy (non-hydrogen) atoms. The van der Waals surface area contributed by atoms with Crippen molar-refractivity contribution in [3.05, 3.63) is 30.0 Å². The standard InChI is InChI=1S/C13H16N2O2/c1-9-7-13(17-6-2-5-16)11-8-10(14)3-4-12(11)15-9/h3-4,7-8,16H,2,5-6,14H2,1H3. The molecule has 0 aliphatic heterocycles. The van der Waals surface area contributed by atoms with Gasteiger partial charge in [0.1, 0.15) is 5.75 Å². The number of rotatable bonds is 4. The largest absolute Gasteiger partial charge is 0.493 e. The molecule has 2 aromatic rings. The molecule has 0 saturated carbocycles. The lowest BCUT2D eigenvalue weighted by atomic mass is 10.1. The molecule has 0 fully saturated rings. The van der Waals surface area contributed by atoms with Crippen LogP contribution in [0.15, 0.2) is 24.3 Å². The Labute approximate surface area is 100 Å². The SMILES string of the molecule is Cc1cc(OCCCO)c2cc(N)ccc2n1. The molecule has 1 aromatic heterocycles. The van der Waals surface area contributed by atoms with E-state index in [0.717, 1.165) is 22.3 Å². The zero-order chi connectivity index (χ0) is 12.3. The number of fused-ring (bicyclic) bond motifs is 1. The summed E-state index contributed by atoms with van der Waals surface area (Å²) in [6, 6.07) is 7.46. The van der Waals surface area contributed by atoms with Gasteiger partial charge in [0.15, 0.2) is 0 Å². The number of pyridine rings is 1. The first-order chi connectivity index (χ1) is 8.20. The van der Waals surface area contributed by atoms with Crippen LogP contribution < -0.4 is 10.5 Å². The molecule has 0 spiro atoms. The van der Waals surface area contributed by atoms with Gasteiger partial charge in [0.25, 0.3) is 0 Å². The number of aliphatic hydroxyl groups is 1. The van der Waals surface area contributed by atoms with E-state index < -0.39 is 0 Å². The second-order valence-corrected chi connectivity index (χ2v) is 3.96. The average Bonchev–Trinajstić information content (AvgIpc) is 2.30. The topological polar surface area (TPSA) is 68.4 Å². The van der Waals surface area contributed by atoms with Crippen molar-refractivity contribution in [1.82, 2.24) is 4.98 Å². The van der Waals surface area contributed by atoms with Crippen LogP contribution in [0.3, 0.4) is 0 Å². The van der Waals surface area contributed by atoms with Gasteiger partial charge in [-0.1, -0.05) is 0 Å². The van der Waals surface area contributed by atoms with Crippen molar-refractivity contribution in [2.75, 3.05) is 18.9 Å². The van der Waals surface area contributed by atoms with Crippen LogP contribution in [0.25, 0.3) is 10.9 Å². The molecule has 0 aliphatic rings. The molecule has 2 rings (SSSR count). The molecule has 0 saturated heterocycles. The summed E-state index contributed by atoms with van der Waals surface area (Å²) in [6.07, 6.45) is 0.616. The first-order valence-electron chi connectivity index (χ1n) is 5.61. The van der Waals surface area contributed by atoms with Gasteiger partial charge in [0.05, 0.1) is 12.1 Å². The van der Waals surface area contributed by atoms with Gasteiger partial charge in [0, 0.05) is 35.9 Å². The fraction of sp³-hybridized carbons (Fsp3) is 0.308. The van der Waals surface area contributed by atoms with Crippen LogP contribution in [0.5, 0.6) is 5.75 Å². The quantitative estimate of drug-likeness (QED) is 0.624. The summed E-state index contributed by atoms with van der Waals surface area (Å²) < 4.78 is 5.64. The number of hydrogen-bond acceptors (Lipinski definition) is 4. The Morgan fingerprint density at radius 3 is 2.94 bits per heavy atom. The van der Waals surface area contributed by atoms with Crippen molar-refractivity contribution >= 4 is 16.6 Å². The van der Waals surface area contributed by atoms with Crippen LogP contribution in [0.1, 0.15) is 12.1 Å². The fourth-order valence-electron chi connectivity index (χ4n) is 1.70. The summed E-state index contributed by atoms with van der Waals surface area (Å²) >= 11 is 0. The maximum atomic E-state index is 8.74. The normalized spacial score (nSPS) is 10.7. The van der Waals surface area contributed by atoms with E-state index in [9.17, 15) is 0 Å². The van der Waals surface area contributed by atoms with Crippen LogP contribution in [0, 0.1) is 6.92 Å². The first kappa shape index (κ1) is 11.7. The molecule has 1 aromatic carbocycles. The fourth-order valence-corrected chi connectivity index (χ4v) is 1.70. The zero-order valence-corrected chi connectivity index (χ0v) is 9.81. The molecule has 1 heterocycles. The third-order valence-electron chi connectivity index (χ3n) is 2.48. The number of aliphatic hydroxyl groups excluding tert-OH is 1. The van der Waals surface area contributed by atoms with E-state index in [1.54, 1.807) is 0 Å². The molecular formula is C13H16N2O2.